The molecule has 0 aliphatic carbocycles. The largest absolute Gasteiger partial charge is 0.490 e. The van der Waals surface area contributed by atoms with Crippen molar-refractivity contribution in [1.29, 1.82) is 0 Å². The van der Waals surface area contributed by atoms with E-state index in [4.69, 9.17) is 9.90 Å². The molecule has 0 aliphatic rings. The Morgan fingerprint density at radius 2 is 1.59 bits per heavy atom. The van der Waals surface area contributed by atoms with Crippen molar-refractivity contribution in [2.75, 3.05) is 22.7 Å². The number of carbonyl (C=O) groups is 2. The fourth-order valence-corrected chi connectivity index (χ4v) is 4.37. The van der Waals surface area contributed by atoms with Crippen LogP contribution in [0.3, 0.4) is 0 Å². The molecule has 3 N–H and O–H groups in total. The lowest BCUT2D eigenvalue weighted by Gasteiger charge is -2.26. The summed E-state index contributed by atoms with van der Waals surface area (Å²) in [5, 5.41) is 16.5. The van der Waals surface area contributed by atoms with Gasteiger partial charge in [-0.3, -0.25) is 4.72 Å². The highest BCUT2D eigenvalue weighted by atomic mass is 32.2. The number of nitrogens with zero attached hydrogens (tertiary/aromatic N) is 1. The molecule has 0 atom stereocenters. The molecular formula is C25H33F3N2O6S. The standard InChI is InChI=1S/C23H32N2O4S.C2HF3O2/c1-5-7-14-25(6-2)22-13-10-19(23(26)27)16-21(22)24-30(28,29)20-11-8-18(9-12-20)15-17(3)4;3-2(4,5)1(6)7/h8-13,16-17,24H,5-7,14-15H2,1-4H3,(H,26,27);(H,6,7). The quantitative estimate of drug-likeness (QED) is 0.333. The van der Waals surface area contributed by atoms with Crippen LogP contribution in [0.25, 0.3) is 0 Å². The molecule has 0 aromatic heterocycles. The van der Waals surface area contributed by atoms with Crippen LogP contribution in [0.15, 0.2) is 47.4 Å². The number of nitrogens with one attached hydrogen (secondary N) is 1. The first-order valence-electron chi connectivity index (χ1n) is 11.7. The second-order valence-corrected chi connectivity index (χ2v) is 10.3. The average Bonchev–Trinajstić information content (AvgIpc) is 2.79. The van der Waals surface area contributed by atoms with Gasteiger partial charge >= 0.3 is 18.1 Å². The van der Waals surface area contributed by atoms with E-state index in [1.54, 1.807) is 18.2 Å². The van der Waals surface area contributed by atoms with Crippen molar-refractivity contribution in [3.63, 3.8) is 0 Å². The minimum atomic E-state index is -5.08. The summed E-state index contributed by atoms with van der Waals surface area (Å²) in [7, 11) is -3.86. The molecule has 0 unspecified atom stereocenters. The smallest absolute Gasteiger partial charge is 0.478 e. The number of sulfonamides is 1. The maximum Gasteiger partial charge on any atom is 0.490 e. The van der Waals surface area contributed by atoms with Gasteiger partial charge in [0.25, 0.3) is 10.0 Å². The average molecular weight is 547 g/mol. The van der Waals surface area contributed by atoms with Crippen molar-refractivity contribution < 1.29 is 41.4 Å². The van der Waals surface area contributed by atoms with Gasteiger partial charge in [-0.15, -0.1) is 0 Å². The van der Waals surface area contributed by atoms with Crippen LogP contribution in [-0.2, 0) is 21.2 Å². The lowest BCUT2D eigenvalue weighted by molar-refractivity contribution is -0.192. The SMILES string of the molecule is CCCCN(CC)c1ccc(C(=O)O)cc1NS(=O)(=O)c1ccc(CC(C)C)cc1.O=C(O)C(F)(F)F. The van der Waals surface area contributed by atoms with Crippen molar-refractivity contribution in [3.8, 4) is 0 Å². The fourth-order valence-electron chi connectivity index (χ4n) is 3.30. The molecule has 0 aliphatic heterocycles. The summed E-state index contributed by atoms with van der Waals surface area (Å²) < 4.78 is 60.4. The number of rotatable bonds is 11. The first-order valence-corrected chi connectivity index (χ1v) is 13.1. The molecular weight excluding hydrogens is 513 g/mol. The van der Waals surface area contributed by atoms with Crippen LogP contribution in [0.4, 0.5) is 24.5 Å². The predicted molar refractivity (Wildman–Crippen MR) is 136 cm³/mol. The van der Waals surface area contributed by atoms with E-state index in [2.05, 4.69) is 30.4 Å². The van der Waals surface area contributed by atoms with Crippen molar-refractivity contribution in [1.82, 2.24) is 0 Å². The molecule has 0 heterocycles. The van der Waals surface area contributed by atoms with E-state index in [9.17, 15) is 31.5 Å². The molecule has 0 saturated heterocycles. The Morgan fingerprint density at radius 1 is 1.03 bits per heavy atom. The maximum atomic E-state index is 13.0. The van der Waals surface area contributed by atoms with Gasteiger partial charge in [-0.25, -0.2) is 18.0 Å². The van der Waals surface area contributed by atoms with E-state index < -0.39 is 28.1 Å². The van der Waals surface area contributed by atoms with Crippen LogP contribution in [0.2, 0.25) is 0 Å². The van der Waals surface area contributed by atoms with Gasteiger partial charge in [0.1, 0.15) is 0 Å². The summed E-state index contributed by atoms with van der Waals surface area (Å²) in [6, 6.07) is 11.4. The van der Waals surface area contributed by atoms with Crippen LogP contribution in [0.5, 0.6) is 0 Å². The number of alkyl halides is 3. The molecule has 0 radical (unpaired) electrons. The van der Waals surface area contributed by atoms with Gasteiger partial charge in [-0.1, -0.05) is 39.3 Å². The minimum Gasteiger partial charge on any atom is -0.478 e. The number of aromatic carboxylic acids is 1. The molecule has 0 amide bonds. The van der Waals surface area contributed by atoms with Gasteiger partial charge in [0.2, 0.25) is 0 Å². The lowest BCUT2D eigenvalue weighted by atomic mass is 10.0. The first-order chi connectivity index (χ1) is 17.1. The first kappa shape index (κ1) is 31.7. The zero-order valence-electron chi connectivity index (χ0n) is 21.2. The van der Waals surface area contributed by atoms with E-state index in [1.807, 2.05) is 19.1 Å². The van der Waals surface area contributed by atoms with Crippen molar-refractivity contribution in [2.24, 2.45) is 5.92 Å². The molecule has 0 bridgehead atoms. The molecule has 206 valence electrons. The topological polar surface area (TPSA) is 124 Å². The van der Waals surface area contributed by atoms with Crippen LogP contribution in [-0.4, -0.2) is 49.8 Å². The summed E-state index contributed by atoms with van der Waals surface area (Å²) in [5.41, 5.74) is 2.07. The van der Waals surface area contributed by atoms with Gasteiger partial charge in [0, 0.05) is 13.1 Å². The number of aliphatic carboxylic acids is 1. The van der Waals surface area contributed by atoms with Crippen LogP contribution in [0, 0.1) is 5.92 Å². The third kappa shape index (κ3) is 10.3. The van der Waals surface area contributed by atoms with E-state index in [1.165, 1.54) is 12.1 Å². The Labute approximate surface area is 215 Å². The van der Waals surface area contributed by atoms with E-state index in [0.717, 1.165) is 31.4 Å². The molecule has 8 nitrogen and oxygen atoms in total. The number of carboxylic acid groups (broad SMARTS) is 2. The number of benzene rings is 2. The third-order valence-electron chi connectivity index (χ3n) is 5.11. The number of unbranched alkanes of at least 4 members (excludes halogenated alkanes) is 1. The van der Waals surface area contributed by atoms with Crippen LogP contribution >= 0.6 is 0 Å². The number of halogens is 3. The highest BCUT2D eigenvalue weighted by Gasteiger charge is 2.38. The van der Waals surface area contributed by atoms with Crippen molar-refractivity contribution in [3.05, 3.63) is 53.6 Å². The Balaban J connectivity index is 0.000000856. The van der Waals surface area contributed by atoms with E-state index >= 15 is 0 Å². The second kappa shape index (κ2) is 13.9. The summed E-state index contributed by atoms with van der Waals surface area (Å²) in [6.45, 7) is 9.76. The molecule has 0 spiro atoms. The highest BCUT2D eigenvalue weighted by molar-refractivity contribution is 7.92. The van der Waals surface area contributed by atoms with Crippen LogP contribution < -0.4 is 9.62 Å². The maximum absolute atomic E-state index is 13.0. The van der Waals surface area contributed by atoms with Crippen molar-refractivity contribution >= 4 is 33.3 Å². The summed E-state index contributed by atoms with van der Waals surface area (Å²) in [4.78, 5) is 22.5. The Bertz CT molecular complexity index is 1150. The normalized spacial score (nSPS) is 11.5. The predicted octanol–water partition coefficient (Wildman–Crippen LogP) is 5.64. The number of hydrogen-bond donors (Lipinski definition) is 3. The Hall–Kier alpha value is -3.28. The summed E-state index contributed by atoms with van der Waals surface area (Å²) >= 11 is 0. The second-order valence-electron chi connectivity index (χ2n) is 8.62. The minimum absolute atomic E-state index is 0.0373. The fraction of sp³-hybridized carbons (Fsp3) is 0.440. The highest BCUT2D eigenvalue weighted by Crippen LogP contribution is 2.30. The zero-order valence-corrected chi connectivity index (χ0v) is 22.0. The lowest BCUT2D eigenvalue weighted by Crippen LogP contribution is -2.26. The number of anilines is 2. The molecule has 12 heteroatoms. The molecule has 2 aromatic carbocycles. The summed E-state index contributed by atoms with van der Waals surface area (Å²) in [5.74, 6) is -3.38. The van der Waals surface area contributed by atoms with E-state index in [0.29, 0.717) is 18.2 Å². The number of hydrogen-bond acceptors (Lipinski definition) is 5. The van der Waals surface area contributed by atoms with E-state index in [-0.39, 0.29) is 16.1 Å². The van der Waals surface area contributed by atoms with Crippen molar-refractivity contribution in [2.45, 2.75) is 58.0 Å². The third-order valence-corrected chi connectivity index (χ3v) is 6.49. The molecule has 37 heavy (non-hydrogen) atoms. The van der Waals surface area contributed by atoms with Gasteiger partial charge in [0.15, 0.2) is 0 Å². The summed E-state index contributed by atoms with van der Waals surface area (Å²) in [6.07, 6.45) is -2.24. The zero-order chi connectivity index (χ0) is 28.4. The van der Waals surface area contributed by atoms with Gasteiger partial charge in [-0.2, -0.15) is 13.2 Å². The van der Waals surface area contributed by atoms with Gasteiger partial charge in [0.05, 0.1) is 21.8 Å². The Morgan fingerprint density at radius 3 is 2.03 bits per heavy atom. The molecule has 0 fully saturated rings. The Kier molecular flexibility index (Phi) is 11.9. The van der Waals surface area contributed by atoms with Gasteiger partial charge in [-0.05, 0) is 61.6 Å². The molecule has 2 rings (SSSR count). The molecule has 0 saturated carbocycles. The molecule has 2 aromatic rings. The number of carboxylic acids is 2. The monoisotopic (exact) mass is 546 g/mol. The van der Waals surface area contributed by atoms with Gasteiger partial charge < -0.3 is 15.1 Å². The van der Waals surface area contributed by atoms with Crippen LogP contribution in [0.1, 0.15) is 56.5 Å².